The summed E-state index contributed by atoms with van der Waals surface area (Å²) in [5.41, 5.74) is 1.49. The summed E-state index contributed by atoms with van der Waals surface area (Å²) in [6.45, 7) is 2.53. The average molecular weight is 478 g/mol. The van der Waals surface area contributed by atoms with Gasteiger partial charge < -0.3 is 14.6 Å². The molecule has 3 aromatic rings. The normalized spacial score (nSPS) is 17.1. The maximum absolute atomic E-state index is 13.3. The van der Waals surface area contributed by atoms with Crippen molar-refractivity contribution in [2.24, 2.45) is 0 Å². The van der Waals surface area contributed by atoms with Gasteiger partial charge in [0.05, 0.1) is 30.4 Å². The van der Waals surface area contributed by atoms with Crippen molar-refractivity contribution in [3.63, 3.8) is 0 Å². The van der Waals surface area contributed by atoms with Gasteiger partial charge in [-0.15, -0.1) is 0 Å². The maximum Gasteiger partial charge on any atom is 0.300 e. The molecule has 0 radical (unpaired) electrons. The summed E-state index contributed by atoms with van der Waals surface area (Å²) in [6.07, 6.45) is 0.837. The van der Waals surface area contributed by atoms with E-state index in [-0.39, 0.29) is 11.3 Å². The van der Waals surface area contributed by atoms with E-state index >= 15 is 0 Å². The zero-order chi connectivity index (χ0) is 24.2. The molecule has 0 aliphatic carbocycles. The molecule has 1 saturated heterocycles. The van der Waals surface area contributed by atoms with E-state index in [0.717, 1.165) is 6.42 Å². The minimum Gasteiger partial charge on any atom is -0.507 e. The van der Waals surface area contributed by atoms with Crippen LogP contribution in [0.2, 0.25) is 5.02 Å². The monoisotopic (exact) mass is 477 g/mol. The quantitative estimate of drug-likeness (QED) is 0.266. The van der Waals surface area contributed by atoms with Gasteiger partial charge in [0.15, 0.2) is 0 Å². The molecule has 0 bridgehead atoms. The molecule has 1 aliphatic rings. The van der Waals surface area contributed by atoms with E-state index in [9.17, 15) is 14.7 Å². The lowest BCUT2D eigenvalue weighted by Crippen LogP contribution is -2.29. The van der Waals surface area contributed by atoms with Gasteiger partial charge in [-0.3, -0.25) is 14.5 Å². The molecular formula is C27H24ClNO5. The molecule has 174 valence electrons. The van der Waals surface area contributed by atoms with Crippen LogP contribution in [0.5, 0.6) is 11.5 Å². The Bertz CT molecular complexity index is 1250. The predicted molar refractivity (Wildman–Crippen MR) is 131 cm³/mol. The Kier molecular flexibility index (Phi) is 6.89. The zero-order valence-corrected chi connectivity index (χ0v) is 19.6. The van der Waals surface area contributed by atoms with Crippen LogP contribution in [0.15, 0.2) is 78.4 Å². The Morgan fingerprint density at radius 2 is 1.79 bits per heavy atom. The summed E-state index contributed by atoms with van der Waals surface area (Å²) >= 11 is 6.13. The molecule has 0 aromatic heterocycles. The first-order valence-corrected chi connectivity index (χ1v) is 11.3. The van der Waals surface area contributed by atoms with Crippen molar-refractivity contribution in [1.29, 1.82) is 0 Å². The van der Waals surface area contributed by atoms with E-state index in [4.69, 9.17) is 21.1 Å². The number of carbonyl (C=O) groups is 2. The van der Waals surface area contributed by atoms with Crippen LogP contribution >= 0.6 is 11.6 Å². The van der Waals surface area contributed by atoms with E-state index in [1.54, 1.807) is 36.4 Å². The lowest BCUT2D eigenvalue weighted by Gasteiger charge is -2.26. The third kappa shape index (κ3) is 4.37. The SMILES string of the molecule is CCCOc1cccc(N2C(=O)C(=O)/C(=C(/O)c3ccc(Cl)c(OC)c3)C2c2ccccc2)c1. The number of carbonyl (C=O) groups excluding carboxylic acids is 2. The van der Waals surface area contributed by atoms with Crippen molar-refractivity contribution >= 4 is 34.7 Å². The number of benzene rings is 3. The molecule has 1 heterocycles. The first-order chi connectivity index (χ1) is 16.5. The van der Waals surface area contributed by atoms with Crippen molar-refractivity contribution in [1.82, 2.24) is 0 Å². The van der Waals surface area contributed by atoms with Gasteiger partial charge in [0.1, 0.15) is 17.3 Å². The smallest absolute Gasteiger partial charge is 0.300 e. The van der Waals surface area contributed by atoms with Gasteiger partial charge in [-0.25, -0.2) is 0 Å². The summed E-state index contributed by atoms with van der Waals surface area (Å²) < 4.78 is 11.0. The molecule has 0 spiro atoms. The van der Waals surface area contributed by atoms with Gasteiger partial charge in [0, 0.05) is 17.3 Å². The molecule has 6 nitrogen and oxygen atoms in total. The fourth-order valence-corrected chi connectivity index (χ4v) is 4.15. The number of aliphatic hydroxyl groups is 1. The van der Waals surface area contributed by atoms with Crippen LogP contribution in [0.1, 0.15) is 30.5 Å². The van der Waals surface area contributed by atoms with Gasteiger partial charge in [-0.05, 0) is 42.3 Å². The van der Waals surface area contributed by atoms with Gasteiger partial charge in [-0.1, -0.05) is 54.9 Å². The number of ketones is 1. The number of nitrogens with zero attached hydrogens (tertiary/aromatic N) is 1. The van der Waals surface area contributed by atoms with Crippen LogP contribution in [0.3, 0.4) is 0 Å². The molecule has 1 fully saturated rings. The van der Waals surface area contributed by atoms with E-state index in [2.05, 4.69) is 0 Å². The first kappa shape index (κ1) is 23.4. The number of aliphatic hydroxyl groups excluding tert-OH is 1. The van der Waals surface area contributed by atoms with Gasteiger partial charge in [0.25, 0.3) is 11.7 Å². The number of hydrogen-bond acceptors (Lipinski definition) is 5. The molecule has 1 atom stereocenters. The molecule has 34 heavy (non-hydrogen) atoms. The average Bonchev–Trinajstić information content (AvgIpc) is 3.13. The lowest BCUT2D eigenvalue weighted by molar-refractivity contribution is -0.132. The number of hydrogen-bond donors (Lipinski definition) is 1. The van der Waals surface area contributed by atoms with E-state index in [0.29, 0.717) is 39.9 Å². The first-order valence-electron chi connectivity index (χ1n) is 10.9. The van der Waals surface area contributed by atoms with Gasteiger partial charge >= 0.3 is 0 Å². The van der Waals surface area contributed by atoms with Crippen molar-refractivity contribution in [2.75, 3.05) is 18.6 Å². The molecule has 1 amide bonds. The van der Waals surface area contributed by atoms with Crippen LogP contribution in [-0.4, -0.2) is 30.5 Å². The summed E-state index contributed by atoms with van der Waals surface area (Å²) in [5, 5.41) is 11.6. The second kappa shape index (κ2) is 10.0. The number of methoxy groups -OCH3 is 1. The van der Waals surface area contributed by atoms with Crippen LogP contribution < -0.4 is 14.4 Å². The zero-order valence-electron chi connectivity index (χ0n) is 18.8. The molecule has 1 unspecified atom stereocenters. The molecule has 1 aliphatic heterocycles. The maximum atomic E-state index is 13.3. The highest BCUT2D eigenvalue weighted by molar-refractivity contribution is 6.51. The molecule has 1 N–H and O–H groups in total. The number of rotatable bonds is 7. The molecular weight excluding hydrogens is 454 g/mol. The summed E-state index contributed by atoms with van der Waals surface area (Å²) in [4.78, 5) is 27.9. The Balaban J connectivity index is 1.89. The number of ether oxygens (including phenoxy) is 2. The summed E-state index contributed by atoms with van der Waals surface area (Å²) in [6, 6.07) is 20.0. The van der Waals surface area contributed by atoms with Crippen LogP contribution in [0.4, 0.5) is 5.69 Å². The Hall–Kier alpha value is -3.77. The highest BCUT2D eigenvalue weighted by atomic mass is 35.5. The molecule has 4 rings (SSSR count). The molecule has 0 saturated carbocycles. The number of halogens is 1. The Labute approximate surface area is 203 Å². The number of anilines is 1. The van der Waals surface area contributed by atoms with E-state index in [1.165, 1.54) is 18.1 Å². The fraction of sp³-hybridized carbons (Fsp3) is 0.185. The second-order valence-electron chi connectivity index (χ2n) is 7.77. The molecule has 7 heteroatoms. The molecule has 3 aromatic carbocycles. The topological polar surface area (TPSA) is 76.1 Å². The second-order valence-corrected chi connectivity index (χ2v) is 8.18. The highest BCUT2D eigenvalue weighted by Gasteiger charge is 2.47. The van der Waals surface area contributed by atoms with Crippen molar-refractivity contribution in [2.45, 2.75) is 19.4 Å². The summed E-state index contributed by atoms with van der Waals surface area (Å²) in [5.74, 6) is -0.875. The van der Waals surface area contributed by atoms with Crippen molar-refractivity contribution in [3.8, 4) is 11.5 Å². The minimum absolute atomic E-state index is 0.0135. The largest absolute Gasteiger partial charge is 0.507 e. The third-order valence-electron chi connectivity index (χ3n) is 5.55. The van der Waals surface area contributed by atoms with Gasteiger partial charge in [-0.2, -0.15) is 0 Å². The standard InChI is InChI=1S/C27H24ClNO5/c1-3-14-34-20-11-7-10-19(16-20)29-24(17-8-5-4-6-9-17)23(26(31)27(29)32)25(30)18-12-13-21(28)22(15-18)33-2/h4-13,15-16,24,30H,3,14H2,1-2H3/b25-23+. The Morgan fingerprint density at radius 1 is 1.03 bits per heavy atom. The van der Waals surface area contributed by atoms with Crippen LogP contribution in [0, 0.1) is 0 Å². The third-order valence-corrected chi connectivity index (χ3v) is 5.87. The van der Waals surface area contributed by atoms with E-state index < -0.39 is 17.7 Å². The van der Waals surface area contributed by atoms with Crippen molar-refractivity contribution in [3.05, 3.63) is 94.5 Å². The Morgan fingerprint density at radius 3 is 2.50 bits per heavy atom. The highest BCUT2D eigenvalue weighted by Crippen LogP contribution is 2.43. The number of amides is 1. The van der Waals surface area contributed by atoms with Crippen LogP contribution in [0.25, 0.3) is 5.76 Å². The summed E-state index contributed by atoms with van der Waals surface area (Å²) in [7, 11) is 1.46. The fourth-order valence-electron chi connectivity index (χ4n) is 3.96. The lowest BCUT2D eigenvalue weighted by atomic mass is 9.95. The van der Waals surface area contributed by atoms with E-state index in [1.807, 2.05) is 37.3 Å². The van der Waals surface area contributed by atoms with Gasteiger partial charge in [0.2, 0.25) is 0 Å². The van der Waals surface area contributed by atoms with Crippen LogP contribution in [-0.2, 0) is 9.59 Å². The minimum atomic E-state index is -0.829. The predicted octanol–water partition coefficient (Wildman–Crippen LogP) is 5.76. The number of Topliss-reactive ketones (excluding diaryl/α,β-unsaturated/α-hetero) is 1. The van der Waals surface area contributed by atoms with Crippen molar-refractivity contribution < 1.29 is 24.2 Å².